The molecule has 39 heavy (non-hydrogen) atoms. The van der Waals surface area contributed by atoms with Crippen LogP contribution in [0.3, 0.4) is 0 Å². The van der Waals surface area contributed by atoms with Crippen LogP contribution < -0.4 is 9.47 Å². The van der Waals surface area contributed by atoms with Crippen molar-refractivity contribution in [1.29, 1.82) is 0 Å². The van der Waals surface area contributed by atoms with Gasteiger partial charge in [0.1, 0.15) is 0 Å². The fraction of sp³-hybridized carbons (Fsp3) is 0.486. The van der Waals surface area contributed by atoms with E-state index in [0.717, 1.165) is 44.0 Å². The van der Waals surface area contributed by atoms with Crippen LogP contribution in [0, 0.1) is 0 Å². The Hall–Kier alpha value is -2.82. The Morgan fingerprint density at radius 1 is 0.821 bits per heavy atom. The predicted molar refractivity (Wildman–Crippen MR) is 157 cm³/mol. The largest absolute Gasteiger partial charge is 0.493 e. The molecule has 4 heteroatoms. The third kappa shape index (κ3) is 4.98. The van der Waals surface area contributed by atoms with Crippen molar-refractivity contribution < 1.29 is 14.2 Å². The van der Waals surface area contributed by atoms with E-state index in [-0.39, 0.29) is 11.0 Å². The highest BCUT2D eigenvalue weighted by Gasteiger charge is 2.42. The molecular weight excluding hydrogens is 482 g/mol. The molecule has 1 aliphatic carbocycles. The molecule has 4 nitrogen and oxygen atoms in total. The van der Waals surface area contributed by atoms with Crippen molar-refractivity contribution in [2.75, 3.05) is 33.9 Å². The third-order valence-electron chi connectivity index (χ3n) is 9.82. The number of nitrogens with zero attached hydrogens (tertiary/aromatic N) is 1. The number of aryl methyl sites for hydroxylation is 1. The Bertz CT molecular complexity index is 1270. The zero-order valence-electron chi connectivity index (χ0n) is 23.7. The minimum atomic E-state index is -0.0604. The Labute approximate surface area is 234 Å². The van der Waals surface area contributed by atoms with E-state index in [4.69, 9.17) is 14.2 Å². The lowest BCUT2D eigenvalue weighted by atomic mass is 9.69. The number of benzene rings is 3. The molecule has 2 aliphatic heterocycles. The monoisotopic (exact) mass is 525 g/mol. The van der Waals surface area contributed by atoms with E-state index in [1.165, 1.54) is 79.4 Å². The molecule has 0 bridgehead atoms. The lowest BCUT2D eigenvalue weighted by molar-refractivity contribution is 0.0304. The summed E-state index contributed by atoms with van der Waals surface area (Å²) in [6.45, 7) is 3.89. The maximum Gasteiger partial charge on any atom is 0.161 e. The van der Waals surface area contributed by atoms with Gasteiger partial charge in [0.25, 0.3) is 0 Å². The van der Waals surface area contributed by atoms with Gasteiger partial charge in [-0.05, 0) is 98.0 Å². The summed E-state index contributed by atoms with van der Waals surface area (Å²) in [7, 11) is 3.48. The topological polar surface area (TPSA) is 30.9 Å². The number of fused-ring (bicyclic) bond motifs is 2. The summed E-state index contributed by atoms with van der Waals surface area (Å²) in [5, 5.41) is 0. The van der Waals surface area contributed by atoms with Gasteiger partial charge in [-0.2, -0.15) is 0 Å². The summed E-state index contributed by atoms with van der Waals surface area (Å²) in [5.41, 5.74) is 7.30. The van der Waals surface area contributed by atoms with Crippen LogP contribution in [0.1, 0.15) is 72.8 Å². The molecule has 0 N–H and O–H groups in total. The van der Waals surface area contributed by atoms with Crippen LogP contribution in [0.4, 0.5) is 0 Å². The molecule has 2 heterocycles. The Morgan fingerprint density at radius 2 is 1.59 bits per heavy atom. The van der Waals surface area contributed by atoms with Gasteiger partial charge in [-0.15, -0.1) is 0 Å². The first-order valence-electron chi connectivity index (χ1n) is 14.9. The molecule has 3 aromatic carbocycles. The van der Waals surface area contributed by atoms with Gasteiger partial charge in [-0.1, -0.05) is 67.4 Å². The van der Waals surface area contributed by atoms with Crippen molar-refractivity contribution in [2.24, 2.45) is 0 Å². The van der Waals surface area contributed by atoms with E-state index in [2.05, 4.69) is 71.6 Å². The van der Waals surface area contributed by atoms with Crippen LogP contribution in [0.15, 0.2) is 66.7 Å². The van der Waals surface area contributed by atoms with Crippen molar-refractivity contribution in [1.82, 2.24) is 4.90 Å². The van der Waals surface area contributed by atoms with Crippen LogP contribution in [0.5, 0.6) is 11.5 Å². The van der Waals surface area contributed by atoms with Crippen LogP contribution in [0.2, 0.25) is 0 Å². The highest BCUT2D eigenvalue weighted by Crippen LogP contribution is 2.45. The highest BCUT2D eigenvalue weighted by molar-refractivity contribution is 5.49. The zero-order chi connectivity index (χ0) is 26.7. The van der Waals surface area contributed by atoms with Gasteiger partial charge in [0, 0.05) is 11.0 Å². The molecule has 0 saturated carbocycles. The molecule has 2 atom stereocenters. The summed E-state index contributed by atoms with van der Waals surface area (Å²) in [6.07, 6.45) is 11.0. The Morgan fingerprint density at radius 3 is 2.41 bits per heavy atom. The van der Waals surface area contributed by atoms with E-state index in [1.54, 1.807) is 14.2 Å². The van der Waals surface area contributed by atoms with Crippen LogP contribution in [-0.2, 0) is 29.6 Å². The van der Waals surface area contributed by atoms with E-state index in [9.17, 15) is 0 Å². The van der Waals surface area contributed by atoms with E-state index >= 15 is 0 Å². The third-order valence-corrected chi connectivity index (χ3v) is 9.82. The quantitative estimate of drug-likeness (QED) is 0.294. The number of hydrogen-bond donors (Lipinski definition) is 0. The van der Waals surface area contributed by atoms with Gasteiger partial charge in [0.05, 0.1) is 27.4 Å². The van der Waals surface area contributed by atoms with Gasteiger partial charge in [-0.3, -0.25) is 4.90 Å². The molecule has 206 valence electrons. The SMILES string of the molecule is COc1cc2c(cc1OC)CC1(CCCCN1CCCCC1(c3ccccc3)COCc3ccccc31)CC2. The number of methoxy groups -OCH3 is 2. The Kier molecular flexibility index (Phi) is 7.68. The van der Waals surface area contributed by atoms with Gasteiger partial charge in [-0.25, -0.2) is 0 Å². The van der Waals surface area contributed by atoms with E-state index in [0.29, 0.717) is 0 Å². The minimum Gasteiger partial charge on any atom is -0.493 e. The second-order valence-electron chi connectivity index (χ2n) is 11.9. The molecule has 2 unspecified atom stereocenters. The summed E-state index contributed by atoms with van der Waals surface area (Å²) in [5.74, 6) is 1.71. The summed E-state index contributed by atoms with van der Waals surface area (Å²) in [6, 6.07) is 24.5. The molecule has 3 aliphatic rings. The zero-order valence-corrected chi connectivity index (χ0v) is 23.7. The summed E-state index contributed by atoms with van der Waals surface area (Å²) < 4.78 is 17.5. The first kappa shape index (κ1) is 26.4. The van der Waals surface area contributed by atoms with Crippen LogP contribution in [-0.4, -0.2) is 44.4 Å². The molecule has 3 aromatic rings. The van der Waals surface area contributed by atoms with Gasteiger partial charge >= 0.3 is 0 Å². The average molecular weight is 526 g/mol. The molecule has 1 spiro atoms. The highest BCUT2D eigenvalue weighted by atomic mass is 16.5. The first-order chi connectivity index (χ1) is 19.2. The molecule has 1 saturated heterocycles. The molecule has 0 radical (unpaired) electrons. The van der Waals surface area contributed by atoms with E-state index in [1.807, 2.05) is 0 Å². The normalized spacial score (nSPS) is 24.7. The molecule has 6 rings (SSSR count). The number of rotatable bonds is 8. The Balaban J connectivity index is 1.18. The van der Waals surface area contributed by atoms with Gasteiger partial charge < -0.3 is 14.2 Å². The first-order valence-corrected chi connectivity index (χ1v) is 14.9. The van der Waals surface area contributed by atoms with Crippen molar-refractivity contribution in [2.45, 2.75) is 75.3 Å². The fourth-order valence-corrected chi connectivity index (χ4v) is 7.76. The summed E-state index contributed by atoms with van der Waals surface area (Å²) >= 11 is 0. The number of likely N-dealkylation sites (tertiary alicyclic amines) is 1. The van der Waals surface area contributed by atoms with Crippen LogP contribution in [0.25, 0.3) is 0 Å². The predicted octanol–water partition coefficient (Wildman–Crippen LogP) is 7.10. The smallest absolute Gasteiger partial charge is 0.161 e. The number of hydrogen-bond acceptors (Lipinski definition) is 4. The maximum absolute atomic E-state index is 6.24. The maximum atomic E-state index is 6.24. The summed E-state index contributed by atoms with van der Waals surface area (Å²) in [4.78, 5) is 2.86. The lowest BCUT2D eigenvalue weighted by Gasteiger charge is -2.50. The van der Waals surface area contributed by atoms with E-state index < -0.39 is 0 Å². The lowest BCUT2D eigenvalue weighted by Crippen LogP contribution is -2.55. The van der Waals surface area contributed by atoms with Crippen molar-refractivity contribution in [3.8, 4) is 11.5 Å². The van der Waals surface area contributed by atoms with Crippen molar-refractivity contribution in [3.05, 3.63) is 94.5 Å². The minimum absolute atomic E-state index is 0.0604. The molecule has 0 aromatic heterocycles. The number of ether oxygens (including phenoxy) is 3. The molecule has 0 amide bonds. The second-order valence-corrected chi connectivity index (χ2v) is 11.9. The molecular formula is C35H43NO3. The number of piperidine rings is 1. The average Bonchev–Trinajstić information content (AvgIpc) is 3.00. The second kappa shape index (κ2) is 11.3. The van der Waals surface area contributed by atoms with Crippen molar-refractivity contribution in [3.63, 3.8) is 0 Å². The number of unbranched alkanes of at least 4 members (excludes halogenated alkanes) is 1. The van der Waals surface area contributed by atoms with Gasteiger partial charge in [0.2, 0.25) is 0 Å². The standard InChI is InChI=1S/C35H43NO3/c1-37-32-22-27-16-19-34(24-29(27)23-33(32)38-2)17-8-10-20-36(34)21-11-9-18-35(30-13-4-3-5-14-30)26-39-25-28-12-6-7-15-31(28)35/h3-7,12-15,22-23H,8-11,16-21,24-26H2,1-2H3. The van der Waals surface area contributed by atoms with Crippen molar-refractivity contribution >= 4 is 0 Å². The van der Waals surface area contributed by atoms with Crippen LogP contribution >= 0.6 is 0 Å². The molecule has 1 fully saturated rings. The fourth-order valence-electron chi connectivity index (χ4n) is 7.76. The van der Waals surface area contributed by atoms with Gasteiger partial charge in [0.15, 0.2) is 11.5 Å².